The molecule has 9 nitrogen and oxygen atoms in total. The van der Waals surface area contributed by atoms with Crippen LogP contribution in [0.5, 0.6) is 0 Å². The Morgan fingerprint density at radius 2 is 1.54 bits per heavy atom. The molecule has 8 aliphatic rings. The van der Waals surface area contributed by atoms with Crippen LogP contribution in [0.2, 0.25) is 18.1 Å². The fourth-order valence-corrected chi connectivity index (χ4v) is 14.6. The zero-order chi connectivity index (χ0) is 40.6. The zero-order valence-electron chi connectivity index (χ0n) is 36.5. The molecule has 8 rings (SSSR count). The number of ether oxygens (including phenoxy) is 7. The summed E-state index contributed by atoms with van der Waals surface area (Å²) in [4.78, 5) is 0. The van der Waals surface area contributed by atoms with Gasteiger partial charge in [-0.05, 0) is 104 Å². The highest BCUT2D eigenvalue weighted by Gasteiger charge is 2.67. The van der Waals surface area contributed by atoms with Gasteiger partial charge in [0.25, 0.3) is 0 Å². The van der Waals surface area contributed by atoms with Crippen LogP contribution in [-0.4, -0.2) is 106 Å². The molecule has 8 fully saturated rings. The van der Waals surface area contributed by atoms with Crippen molar-refractivity contribution in [2.75, 3.05) is 13.2 Å². The van der Waals surface area contributed by atoms with Crippen molar-refractivity contribution < 1.29 is 42.7 Å². The molecule has 1 N–H and O–H groups in total. The molecule has 18 atom stereocenters. The van der Waals surface area contributed by atoms with Gasteiger partial charge in [-0.2, -0.15) is 0 Å². The molecule has 10 heteroatoms. The van der Waals surface area contributed by atoms with E-state index in [0.717, 1.165) is 77.2 Å². The van der Waals surface area contributed by atoms with Crippen LogP contribution in [0.4, 0.5) is 0 Å². The van der Waals surface area contributed by atoms with E-state index < -0.39 is 14.1 Å². The summed E-state index contributed by atoms with van der Waals surface area (Å²) in [5.74, 6) is 1.04. The van der Waals surface area contributed by atoms with Crippen LogP contribution in [0, 0.1) is 29.6 Å². The van der Waals surface area contributed by atoms with Crippen LogP contribution in [0.1, 0.15) is 119 Å². The molecule has 8 heterocycles. The summed E-state index contributed by atoms with van der Waals surface area (Å²) in [5, 5.41) is 10.1. The number of aliphatic hydroxyl groups is 1. The Morgan fingerprint density at radius 1 is 0.825 bits per heavy atom. The first-order valence-corrected chi connectivity index (χ1v) is 25.7. The van der Waals surface area contributed by atoms with E-state index in [4.69, 9.17) is 37.6 Å². The summed E-state index contributed by atoms with van der Waals surface area (Å²) in [6.45, 7) is 30.0. The quantitative estimate of drug-likeness (QED) is 0.0955. The summed E-state index contributed by atoms with van der Waals surface area (Å²) in [6, 6.07) is 3.53. The Bertz CT molecular complexity index is 1380. The lowest BCUT2D eigenvalue weighted by Crippen LogP contribution is -2.54. The van der Waals surface area contributed by atoms with E-state index in [-0.39, 0.29) is 85.8 Å². The first-order valence-electron chi connectivity index (χ1n) is 23.2. The van der Waals surface area contributed by atoms with Crippen LogP contribution >= 0.6 is 0 Å². The van der Waals surface area contributed by atoms with Gasteiger partial charge in [0.1, 0.15) is 18.3 Å². The van der Waals surface area contributed by atoms with E-state index in [2.05, 4.69) is 68.2 Å². The second-order valence-corrected chi connectivity index (χ2v) is 24.3. The summed E-state index contributed by atoms with van der Waals surface area (Å²) in [7, 11) is -1.62. The molecule has 8 saturated heterocycles. The van der Waals surface area contributed by atoms with E-state index in [1.54, 1.807) is 0 Å². The van der Waals surface area contributed by atoms with Crippen molar-refractivity contribution in [3.63, 3.8) is 0 Å². The van der Waals surface area contributed by atoms with Gasteiger partial charge in [-0.3, -0.25) is 0 Å². The highest BCUT2D eigenvalue weighted by Crippen LogP contribution is 2.54. The van der Waals surface area contributed by atoms with Gasteiger partial charge in [-0.15, -0.1) is 6.58 Å². The Morgan fingerprint density at radius 3 is 2.26 bits per heavy atom. The van der Waals surface area contributed by atoms with E-state index in [9.17, 15) is 5.11 Å². The topological polar surface area (TPSA) is 94.1 Å². The molecule has 0 radical (unpaired) electrons. The van der Waals surface area contributed by atoms with Gasteiger partial charge in [-0.1, -0.05) is 67.7 Å². The highest BCUT2D eigenvalue weighted by molar-refractivity contribution is 6.73. The van der Waals surface area contributed by atoms with Gasteiger partial charge in [0.05, 0.1) is 54.9 Å². The molecule has 0 aromatic rings. The number of hydrogen-bond acceptors (Lipinski definition) is 9. The van der Waals surface area contributed by atoms with Gasteiger partial charge in [0.15, 0.2) is 14.1 Å². The smallest absolute Gasteiger partial charge is 0.191 e. The Hall–Kier alpha value is -0.923. The van der Waals surface area contributed by atoms with Crippen molar-refractivity contribution in [2.24, 2.45) is 29.6 Å². The predicted octanol–water partition coefficient (Wildman–Crippen LogP) is 9.08. The molecular formula is C47H78O9Si. The van der Waals surface area contributed by atoms with Crippen molar-refractivity contribution in [3.05, 3.63) is 37.0 Å². The lowest BCUT2D eigenvalue weighted by atomic mass is 9.80. The summed E-state index contributed by atoms with van der Waals surface area (Å²) >= 11 is 0. The van der Waals surface area contributed by atoms with Crippen molar-refractivity contribution in [1.29, 1.82) is 0 Å². The molecule has 324 valence electrons. The third kappa shape index (κ3) is 9.17. The summed E-state index contributed by atoms with van der Waals surface area (Å²) in [6.07, 6.45) is 11.7. The molecule has 8 aliphatic heterocycles. The predicted molar refractivity (Wildman–Crippen MR) is 225 cm³/mol. The average molecular weight is 815 g/mol. The highest BCUT2D eigenvalue weighted by atomic mass is 28.4. The summed E-state index contributed by atoms with van der Waals surface area (Å²) < 4.78 is 53.9. The zero-order valence-corrected chi connectivity index (χ0v) is 37.5. The van der Waals surface area contributed by atoms with E-state index in [1.807, 2.05) is 6.08 Å². The van der Waals surface area contributed by atoms with Gasteiger partial charge >= 0.3 is 0 Å². The van der Waals surface area contributed by atoms with Crippen molar-refractivity contribution in [1.82, 2.24) is 0 Å². The van der Waals surface area contributed by atoms with Crippen LogP contribution in [0.3, 0.4) is 0 Å². The molecule has 57 heavy (non-hydrogen) atoms. The van der Waals surface area contributed by atoms with Crippen LogP contribution in [0.25, 0.3) is 0 Å². The van der Waals surface area contributed by atoms with Gasteiger partial charge in [0, 0.05) is 38.4 Å². The lowest BCUT2D eigenvalue weighted by molar-refractivity contribution is -0.262. The number of hydrogen-bond donors (Lipinski definition) is 1. The first kappa shape index (κ1) is 44.1. The fourth-order valence-electron chi connectivity index (χ4n) is 11.9. The molecule has 3 unspecified atom stereocenters. The monoisotopic (exact) mass is 815 g/mol. The molecule has 0 aromatic heterocycles. The second kappa shape index (κ2) is 18.6. The number of aliphatic hydroxyl groups excluding tert-OH is 1. The third-order valence-electron chi connectivity index (χ3n) is 15.9. The molecule has 0 spiro atoms. The molecule has 0 amide bonds. The Labute approximate surface area is 346 Å². The minimum atomic E-state index is -1.62. The maximum Gasteiger partial charge on any atom is 0.191 e. The Kier molecular flexibility index (Phi) is 14.4. The van der Waals surface area contributed by atoms with Crippen LogP contribution in [0.15, 0.2) is 37.0 Å². The van der Waals surface area contributed by atoms with Crippen molar-refractivity contribution >= 4 is 8.32 Å². The molecule has 0 aliphatic carbocycles. The molecule has 0 saturated carbocycles. The minimum absolute atomic E-state index is 0.0260. The standard InChI is InChI=1S/C47H78O9Si/c1-11-15-38-33(10)43-45-46(53-38)44-42(54-45)26-47(55-43,56-44)20-18-35-24-30(7)37(50-35)17-16-34-23-29(6)31(8)40(51-34)25-41-36(19-21-48)32(9)39(52-41)22-28(5)27-49-57(12-2,13-3)14-4/h11,28-29,32-46,48H,1,7-8,12-27H2,2-6,9-10H3/t28-,29+,32+,33-,34-,35-,36+,37?,38-,39?,40+,41?,42+,43-,44-,45-,46-,47+/m0/s1. The van der Waals surface area contributed by atoms with Gasteiger partial charge < -0.3 is 42.7 Å². The lowest BCUT2D eigenvalue weighted by Gasteiger charge is -2.42. The normalized spacial score (nSPS) is 44.6. The van der Waals surface area contributed by atoms with Crippen LogP contribution in [-0.2, 0) is 37.6 Å². The molecule has 6 bridgehead atoms. The van der Waals surface area contributed by atoms with E-state index in [1.165, 1.54) is 29.3 Å². The largest absolute Gasteiger partial charge is 0.417 e. The maximum atomic E-state index is 10.1. The van der Waals surface area contributed by atoms with E-state index in [0.29, 0.717) is 23.7 Å². The maximum absolute atomic E-state index is 10.1. The third-order valence-corrected chi connectivity index (χ3v) is 20.5. The van der Waals surface area contributed by atoms with E-state index >= 15 is 0 Å². The summed E-state index contributed by atoms with van der Waals surface area (Å²) in [5.41, 5.74) is 2.36. The SMILES string of the molecule is C=CC[C@@H]1O[C@@H]2[C@H]3O[C@@H]4C[C@@](CC[C@H]5CC(=C)C(CC[C@H]6C[C@@H](C)C(=C)[C@@H](CC7OC(C[C@H](C)CO[Si](CC)(CC)CC)[C@H](C)[C@H]7CCO)O6)O5)(O[C@H]24)O[C@H]3[C@H]1C. The minimum Gasteiger partial charge on any atom is -0.417 e. The molecular weight excluding hydrogens is 737 g/mol. The average Bonchev–Trinajstić information content (AvgIpc) is 3.86. The molecule has 0 aromatic carbocycles. The van der Waals surface area contributed by atoms with Gasteiger partial charge in [0.2, 0.25) is 0 Å². The van der Waals surface area contributed by atoms with Crippen LogP contribution < -0.4 is 0 Å². The number of rotatable bonds is 20. The fraction of sp³-hybridized carbons (Fsp3) is 0.872. The first-order chi connectivity index (χ1) is 27.4. The van der Waals surface area contributed by atoms with Crippen molar-refractivity contribution in [2.45, 2.75) is 216 Å². The van der Waals surface area contributed by atoms with Crippen molar-refractivity contribution in [3.8, 4) is 0 Å². The Balaban J connectivity index is 0.895. The second-order valence-electron chi connectivity index (χ2n) is 19.5. The van der Waals surface area contributed by atoms with Gasteiger partial charge in [-0.25, -0.2) is 0 Å².